The Morgan fingerprint density at radius 1 is 1.26 bits per heavy atom. The summed E-state index contributed by atoms with van der Waals surface area (Å²) in [6, 6.07) is 5.10. The highest BCUT2D eigenvalue weighted by Crippen LogP contribution is 2.20. The van der Waals surface area contributed by atoms with Crippen LogP contribution in [-0.4, -0.2) is 17.9 Å². The van der Waals surface area contributed by atoms with Crippen LogP contribution in [0.1, 0.15) is 26.3 Å². The molecule has 0 aliphatic carbocycles. The number of rotatable bonds is 4. The lowest BCUT2D eigenvalue weighted by Gasteiger charge is -2.21. The van der Waals surface area contributed by atoms with E-state index in [1.54, 1.807) is 0 Å². The number of amides is 2. The maximum Gasteiger partial charge on any atom is 0.247 e. The fourth-order valence-corrected chi connectivity index (χ4v) is 2.21. The van der Waals surface area contributed by atoms with E-state index in [0.29, 0.717) is 0 Å². The molecule has 0 heterocycles. The first kappa shape index (κ1) is 15.7. The highest BCUT2D eigenvalue weighted by molar-refractivity contribution is 9.10. The third-order valence-corrected chi connectivity index (χ3v) is 3.25. The zero-order valence-electron chi connectivity index (χ0n) is 11.6. The highest BCUT2D eigenvalue weighted by atomic mass is 79.9. The number of benzene rings is 1. The molecular weight excluding hydrogens is 308 g/mol. The van der Waals surface area contributed by atoms with E-state index < -0.39 is 6.04 Å². The SMILES string of the molecule is CC(=O)NC(C(=O)Nc1ccc(Br)cc1C)C(C)C. The molecule has 1 rings (SSSR count). The van der Waals surface area contributed by atoms with Crippen molar-refractivity contribution in [1.29, 1.82) is 0 Å². The first-order chi connectivity index (χ1) is 8.81. The number of carbonyl (C=O) groups is 2. The molecular formula is C14H19BrN2O2. The minimum Gasteiger partial charge on any atom is -0.344 e. The predicted molar refractivity (Wildman–Crippen MR) is 80.0 cm³/mol. The Morgan fingerprint density at radius 2 is 1.89 bits per heavy atom. The van der Waals surface area contributed by atoms with Gasteiger partial charge < -0.3 is 10.6 Å². The first-order valence-electron chi connectivity index (χ1n) is 6.15. The van der Waals surface area contributed by atoms with Crippen LogP contribution in [0.5, 0.6) is 0 Å². The van der Waals surface area contributed by atoms with Gasteiger partial charge in [-0.3, -0.25) is 9.59 Å². The summed E-state index contributed by atoms with van der Waals surface area (Å²) < 4.78 is 0.963. The number of anilines is 1. The van der Waals surface area contributed by atoms with E-state index in [1.807, 2.05) is 39.0 Å². The molecule has 0 saturated carbocycles. The lowest BCUT2D eigenvalue weighted by Crippen LogP contribution is -2.46. The minimum atomic E-state index is -0.527. The molecule has 0 aliphatic rings. The summed E-state index contributed by atoms with van der Waals surface area (Å²) in [7, 11) is 0. The van der Waals surface area contributed by atoms with Gasteiger partial charge in [-0.15, -0.1) is 0 Å². The van der Waals surface area contributed by atoms with E-state index in [9.17, 15) is 9.59 Å². The monoisotopic (exact) mass is 326 g/mol. The van der Waals surface area contributed by atoms with Gasteiger partial charge in [0.1, 0.15) is 6.04 Å². The van der Waals surface area contributed by atoms with Crippen molar-refractivity contribution in [2.75, 3.05) is 5.32 Å². The van der Waals surface area contributed by atoms with Crippen LogP contribution < -0.4 is 10.6 Å². The Labute approximate surface area is 122 Å². The zero-order valence-corrected chi connectivity index (χ0v) is 13.2. The molecule has 0 fully saturated rings. The Bertz CT molecular complexity index is 486. The molecule has 19 heavy (non-hydrogen) atoms. The second kappa shape index (κ2) is 6.70. The fourth-order valence-electron chi connectivity index (χ4n) is 1.73. The van der Waals surface area contributed by atoms with Crippen molar-refractivity contribution in [3.05, 3.63) is 28.2 Å². The Hall–Kier alpha value is -1.36. The number of hydrogen-bond donors (Lipinski definition) is 2. The summed E-state index contributed by atoms with van der Waals surface area (Å²) in [5, 5.41) is 5.52. The van der Waals surface area contributed by atoms with E-state index in [4.69, 9.17) is 0 Å². The van der Waals surface area contributed by atoms with Crippen molar-refractivity contribution in [1.82, 2.24) is 5.32 Å². The smallest absolute Gasteiger partial charge is 0.247 e. The van der Waals surface area contributed by atoms with Crippen LogP contribution in [0, 0.1) is 12.8 Å². The number of hydrogen-bond acceptors (Lipinski definition) is 2. The number of carbonyl (C=O) groups excluding carboxylic acids is 2. The van der Waals surface area contributed by atoms with Gasteiger partial charge in [0.05, 0.1) is 0 Å². The van der Waals surface area contributed by atoms with Crippen LogP contribution in [0.2, 0.25) is 0 Å². The molecule has 2 amide bonds. The third-order valence-electron chi connectivity index (χ3n) is 2.75. The van der Waals surface area contributed by atoms with Crippen molar-refractivity contribution < 1.29 is 9.59 Å². The lowest BCUT2D eigenvalue weighted by molar-refractivity contribution is -0.126. The predicted octanol–water partition coefficient (Wildman–Crippen LogP) is 2.86. The maximum absolute atomic E-state index is 12.2. The minimum absolute atomic E-state index is 0.0275. The molecule has 104 valence electrons. The standard InChI is InChI=1S/C14H19BrN2O2/c1-8(2)13(16-10(4)18)14(19)17-12-6-5-11(15)7-9(12)3/h5-8,13H,1-4H3,(H,16,18)(H,17,19). The van der Waals surface area contributed by atoms with Crippen LogP contribution in [0.15, 0.2) is 22.7 Å². The molecule has 0 saturated heterocycles. The highest BCUT2D eigenvalue weighted by Gasteiger charge is 2.23. The molecule has 0 aliphatic heterocycles. The maximum atomic E-state index is 12.2. The number of nitrogens with one attached hydrogen (secondary N) is 2. The Kier molecular flexibility index (Phi) is 5.54. The molecule has 0 spiro atoms. The van der Waals surface area contributed by atoms with Crippen molar-refractivity contribution in [3.8, 4) is 0 Å². The van der Waals surface area contributed by atoms with Gasteiger partial charge in [-0.05, 0) is 36.6 Å². The topological polar surface area (TPSA) is 58.2 Å². The van der Waals surface area contributed by atoms with E-state index in [2.05, 4.69) is 26.6 Å². The summed E-state index contributed by atoms with van der Waals surface area (Å²) in [4.78, 5) is 23.3. The van der Waals surface area contributed by atoms with Gasteiger partial charge >= 0.3 is 0 Å². The third kappa shape index (κ3) is 4.67. The largest absolute Gasteiger partial charge is 0.344 e. The second-order valence-corrected chi connectivity index (χ2v) is 5.79. The summed E-state index contributed by atoms with van der Waals surface area (Å²) in [5.74, 6) is -0.378. The average Bonchev–Trinajstić information content (AvgIpc) is 2.29. The summed E-state index contributed by atoms with van der Waals surface area (Å²) >= 11 is 3.38. The quantitative estimate of drug-likeness (QED) is 0.893. The van der Waals surface area contributed by atoms with Gasteiger partial charge in [-0.1, -0.05) is 29.8 Å². The van der Waals surface area contributed by atoms with Crippen LogP contribution >= 0.6 is 15.9 Å². The fraction of sp³-hybridized carbons (Fsp3) is 0.429. The Morgan fingerprint density at radius 3 is 2.37 bits per heavy atom. The first-order valence-corrected chi connectivity index (χ1v) is 6.94. The van der Waals surface area contributed by atoms with Gasteiger partial charge in [0.15, 0.2) is 0 Å². The van der Waals surface area contributed by atoms with E-state index in [-0.39, 0.29) is 17.7 Å². The van der Waals surface area contributed by atoms with Crippen molar-refractivity contribution >= 4 is 33.4 Å². The van der Waals surface area contributed by atoms with Crippen molar-refractivity contribution in [2.24, 2.45) is 5.92 Å². The average molecular weight is 327 g/mol. The van der Waals surface area contributed by atoms with E-state index >= 15 is 0 Å². The lowest BCUT2D eigenvalue weighted by atomic mass is 10.0. The van der Waals surface area contributed by atoms with Crippen LogP contribution in [0.3, 0.4) is 0 Å². The molecule has 1 atom stereocenters. The molecule has 0 radical (unpaired) electrons. The van der Waals surface area contributed by atoms with Gasteiger partial charge in [-0.2, -0.15) is 0 Å². The molecule has 4 nitrogen and oxygen atoms in total. The van der Waals surface area contributed by atoms with Crippen LogP contribution in [-0.2, 0) is 9.59 Å². The molecule has 1 aromatic rings. The molecule has 1 unspecified atom stereocenters. The number of halogens is 1. The summed E-state index contributed by atoms with van der Waals surface area (Å²) in [5.41, 5.74) is 1.72. The summed E-state index contributed by atoms with van der Waals surface area (Å²) in [6.07, 6.45) is 0. The molecule has 5 heteroatoms. The van der Waals surface area contributed by atoms with Gasteiger partial charge in [0.2, 0.25) is 11.8 Å². The van der Waals surface area contributed by atoms with Gasteiger partial charge in [-0.25, -0.2) is 0 Å². The van der Waals surface area contributed by atoms with Gasteiger partial charge in [0.25, 0.3) is 0 Å². The summed E-state index contributed by atoms with van der Waals surface area (Å²) in [6.45, 7) is 7.12. The molecule has 1 aromatic carbocycles. The zero-order chi connectivity index (χ0) is 14.6. The normalized spacial score (nSPS) is 12.1. The Balaban J connectivity index is 2.84. The van der Waals surface area contributed by atoms with Crippen molar-refractivity contribution in [2.45, 2.75) is 33.7 Å². The van der Waals surface area contributed by atoms with Crippen LogP contribution in [0.4, 0.5) is 5.69 Å². The van der Waals surface area contributed by atoms with Gasteiger partial charge in [0, 0.05) is 17.1 Å². The van der Waals surface area contributed by atoms with E-state index in [0.717, 1.165) is 15.7 Å². The molecule has 0 bridgehead atoms. The molecule has 2 N–H and O–H groups in total. The van der Waals surface area contributed by atoms with Crippen LogP contribution in [0.25, 0.3) is 0 Å². The van der Waals surface area contributed by atoms with Crippen molar-refractivity contribution in [3.63, 3.8) is 0 Å². The second-order valence-electron chi connectivity index (χ2n) is 4.87. The number of aryl methyl sites for hydroxylation is 1. The molecule has 0 aromatic heterocycles. The van der Waals surface area contributed by atoms with E-state index in [1.165, 1.54) is 6.92 Å².